The highest BCUT2D eigenvalue weighted by atomic mass is 16.2. The number of nitrogens with zero attached hydrogens (tertiary/aromatic N) is 3. The molecule has 1 aromatic carbocycles. The van der Waals surface area contributed by atoms with Crippen LogP contribution in [0.1, 0.15) is 6.42 Å². The van der Waals surface area contributed by atoms with Crippen LogP contribution in [-0.2, 0) is 4.79 Å². The lowest BCUT2D eigenvalue weighted by Gasteiger charge is -2.17. The van der Waals surface area contributed by atoms with Crippen LogP contribution in [-0.4, -0.2) is 24.0 Å². The number of hydrogen-bond donors (Lipinski definition) is 1. The topological polar surface area (TPSA) is 69.0 Å². The van der Waals surface area contributed by atoms with E-state index in [4.69, 9.17) is 0 Å². The standard InChI is InChI=1S/C15H14N4O/c16-10-19(15(20)12-5-6-17-8-12)13-7-11-3-1-2-4-14(11)18-9-13/h1-4,7,9,12,17H,5-6,8H2. The third-order valence-corrected chi connectivity index (χ3v) is 3.56. The van der Waals surface area contributed by atoms with Gasteiger partial charge in [-0.2, -0.15) is 5.26 Å². The van der Waals surface area contributed by atoms with Gasteiger partial charge in [-0.15, -0.1) is 0 Å². The molecule has 0 saturated carbocycles. The number of anilines is 1. The van der Waals surface area contributed by atoms with E-state index in [9.17, 15) is 10.1 Å². The van der Waals surface area contributed by atoms with E-state index in [0.29, 0.717) is 12.2 Å². The Morgan fingerprint density at radius 1 is 1.45 bits per heavy atom. The molecular weight excluding hydrogens is 252 g/mol. The average molecular weight is 266 g/mol. The Morgan fingerprint density at radius 3 is 3.05 bits per heavy atom. The Bertz CT molecular complexity index is 686. The first kappa shape index (κ1) is 12.6. The Balaban J connectivity index is 1.94. The quantitative estimate of drug-likeness (QED) is 0.663. The number of amides is 1. The number of hydrogen-bond acceptors (Lipinski definition) is 4. The molecule has 0 aliphatic carbocycles. The molecule has 1 unspecified atom stereocenters. The Morgan fingerprint density at radius 2 is 2.30 bits per heavy atom. The number of fused-ring (bicyclic) bond motifs is 1. The summed E-state index contributed by atoms with van der Waals surface area (Å²) in [5.74, 6) is -0.282. The number of rotatable bonds is 2. The number of carbonyl (C=O) groups is 1. The van der Waals surface area contributed by atoms with E-state index in [2.05, 4.69) is 10.3 Å². The molecule has 0 spiro atoms. The lowest BCUT2D eigenvalue weighted by Crippen LogP contribution is -2.33. The maximum Gasteiger partial charge on any atom is 0.244 e. The van der Waals surface area contributed by atoms with Gasteiger partial charge in [0.2, 0.25) is 5.91 Å². The Hall–Kier alpha value is -2.45. The first-order chi connectivity index (χ1) is 9.79. The van der Waals surface area contributed by atoms with E-state index in [1.165, 1.54) is 0 Å². The van der Waals surface area contributed by atoms with Gasteiger partial charge in [0.05, 0.1) is 23.3 Å². The van der Waals surface area contributed by atoms with Crippen LogP contribution in [0.25, 0.3) is 10.9 Å². The maximum atomic E-state index is 12.3. The normalized spacial score (nSPS) is 17.9. The van der Waals surface area contributed by atoms with Gasteiger partial charge in [0.1, 0.15) is 0 Å². The average Bonchev–Trinajstić information content (AvgIpc) is 3.02. The monoisotopic (exact) mass is 266 g/mol. The number of nitrogens with one attached hydrogen (secondary N) is 1. The fraction of sp³-hybridized carbons (Fsp3) is 0.267. The van der Waals surface area contributed by atoms with Crippen molar-refractivity contribution in [3.63, 3.8) is 0 Å². The molecule has 1 amide bonds. The van der Waals surface area contributed by atoms with Crippen molar-refractivity contribution in [3.8, 4) is 6.19 Å². The molecule has 5 heteroatoms. The van der Waals surface area contributed by atoms with Crippen molar-refractivity contribution in [1.82, 2.24) is 10.3 Å². The highest BCUT2D eigenvalue weighted by Crippen LogP contribution is 2.22. The SMILES string of the molecule is N#CN(C(=O)C1CCNC1)c1cnc2ccccc2c1. The molecule has 1 saturated heterocycles. The highest BCUT2D eigenvalue weighted by molar-refractivity contribution is 5.99. The number of aromatic nitrogens is 1. The first-order valence-electron chi connectivity index (χ1n) is 6.59. The van der Waals surface area contributed by atoms with Gasteiger partial charge in [-0.25, -0.2) is 4.90 Å². The largest absolute Gasteiger partial charge is 0.316 e. The highest BCUT2D eigenvalue weighted by Gasteiger charge is 2.28. The summed E-state index contributed by atoms with van der Waals surface area (Å²) in [7, 11) is 0. The van der Waals surface area contributed by atoms with Crippen LogP contribution >= 0.6 is 0 Å². The van der Waals surface area contributed by atoms with Gasteiger partial charge in [-0.1, -0.05) is 18.2 Å². The number of nitriles is 1. The van der Waals surface area contributed by atoms with E-state index in [1.54, 1.807) is 6.20 Å². The second-order valence-corrected chi connectivity index (χ2v) is 4.85. The minimum atomic E-state index is -0.158. The van der Waals surface area contributed by atoms with Crippen LogP contribution in [0, 0.1) is 17.4 Å². The summed E-state index contributed by atoms with van der Waals surface area (Å²) in [6.45, 7) is 1.46. The van der Waals surface area contributed by atoms with Gasteiger partial charge >= 0.3 is 0 Å². The summed E-state index contributed by atoms with van der Waals surface area (Å²) in [6.07, 6.45) is 4.33. The second-order valence-electron chi connectivity index (χ2n) is 4.85. The minimum absolute atomic E-state index is 0.124. The van der Waals surface area contributed by atoms with Gasteiger partial charge in [-0.05, 0) is 25.1 Å². The van der Waals surface area contributed by atoms with E-state index in [1.807, 2.05) is 36.5 Å². The maximum absolute atomic E-state index is 12.3. The van der Waals surface area contributed by atoms with Gasteiger partial charge in [0.25, 0.3) is 0 Å². The third kappa shape index (κ3) is 2.22. The van der Waals surface area contributed by atoms with Crippen molar-refractivity contribution in [1.29, 1.82) is 5.26 Å². The van der Waals surface area contributed by atoms with Crippen LogP contribution in [0.5, 0.6) is 0 Å². The van der Waals surface area contributed by atoms with Crippen molar-refractivity contribution < 1.29 is 4.79 Å². The predicted molar refractivity (Wildman–Crippen MR) is 75.8 cm³/mol. The molecule has 1 aliphatic rings. The molecule has 1 aliphatic heterocycles. The van der Waals surface area contributed by atoms with Crippen LogP contribution in [0.4, 0.5) is 5.69 Å². The van der Waals surface area contributed by atoms with E-state index in [0.717, 1.165) is 28.8 Å². The minimum Gasteiger partial charge on any atom is -0.316 e. The van der Waals surface area contributed by atoms with Crippen molar-refractivity contribution in [2.75, 3.05) is 18.0 Å². The molecular formula is C15H14N4O. The van der Waals surface area contributed by atoms with Crippen molar-refractivity contribution in [2.45, 2.75) is 6.42 Å². The molecule has 2 heterocycles. The summed E-state index contributed by atoms with van der Waals surface area (Å²) in [5.41, 5.74) is 1.38. The Labute approximate surface area is 116 Å². The zero-order valence-corrected chi connectivity index (χ0v) is 10.9. The lowest BCUT2D eigenvalue weighted by molar-refractivity contribution is -0.121. The van der Waals surface area contributed by atoms with Crippen molar-refractivity contribution >= 4 is 22.5 Å². The first-order valence-corrected chi connectivity index (χ1v) is 6.59. The van der Waals surface area contributed by atoms with Crippen LogP contribution in [0.2, 0.25) is 0 Å². The summed E-state index contributed by atoms with van der Waals surface area (Å²) >= 11 is 0. The van der Waals surface area contributed by atoms with Crippen LogP contribution in [0.15, 0.2) is 36.5 Å². The smallest absolute Gasteiger partial charge is 0.244 e. The van der Waals surface area contributed by atoms with Gasteiger partial charge in [0, 0.05) is 11.9 Å². The van der Waals surface area contributed by atoms with Gasteiger partial charge in [-0.3, -0.25) is 9.78 Å². The summed E-state index contributed by atoms with van der Waals surface area (Å²) in [6, 6.07) is 9.47. The lowest BCUT2D eigenvalue weighted by atomic mass is 10.1. The summed E-state index contributed by atoms with van der Waals surface area (Å²) in [5, 5.41) is 13.3. The predicted octanol–water partition coefficient (Wildman–Crippen LogP) is 1.66. The summed E-state index contributed by atoms with van der Waals surface area (Å²) in [4.78, 5) is 17.8. The number of carbonyl (C=O) groups excluding carboxylic acids is 1. The van der Waals surface area contributed by atoms with E-state index >= 15 is 0 Å². The molecule has 3 rings (SSSR count). The van der Waals surface area contributed by atoms with Crippen molar-refractivity contribution in [3.05, 3.63) is 36.5 Å². The van der Waals surface area contributed by atoms with Crippen LogP contribution in [0.3, 0.4) is 0 Å². The number of para-hydroxylation sites is 1. The number of benzene rings is 1. The van der Waals surface area contributed by atoms with Crippen molar-refractivity contribution in [2.24, 2.45) is 5.92 Å². The molecule has 1 atom stereocenters. The molecule has 2 aromatic rings. The van der Waals surface area contributed by atoms with Gasteiger partial charge in [0.15, 0.2) is 6.19 Å². The van der Waals surface area contributed by atoms with E-state index < -0.39 is 0 Å². The zero-order chi connectivity index (χ0) is 13.9. The Kier molecular flexibility index (Phi) is 3.32. The van der Waals surface area contributed by atoms with E-state index in [-0.39, 0.29) is 11.8 Å². The molecule has 0 radical (unpaired) electrons. The summed E-state index contributed by atoms with van der Waals surface area (Å²) < 4.78 is 0. The zero-order valence-electron chi connectivity index (χ0n) is 10.9. The van der Waals surface area contributed by atoms with Gasteiger partial charge < -0.3 is 5.32 Å². The molecule has 1 N–H and O–H groups in total. The molecule has 20 heavy (non-hydrogen) atoms. The fourth-order valence-corrected chi connectivity index (χ4v) is 2.46. The molecule has 5 nitrogen and oxygen atoms in total. The molecule has 1 aromatic heterocycles. The molecule has 1 fully saturated rings. The second kappa shape index (κ2) is 5.27. The third-order valence-electron chi connectivity index (χ3n) is 3.56. The number of pyridine rings is 1. The van der Waals surface area contributed by atoms with Crippen LogP contribution < -0.4 is 10.2 Å². The molecule has 0 bridgehead atoms. The fourth-order valence-electron chi connectivity index (χ4n) is 2.46. The molecule has 100 valence electrons.